The molecule has 18 heavy (non-hydrogen) atoms. The van der Waals surface area contributed by atoms with Gasteiger partial charge in [-0.3, -0.25) is 0 Å². The Balaban J connectivity index is 2.04. The molecule has 0 spiro atoms. The minimum absolute atomic E-state index is 0.718. The minimum Gasteiger partial charge on any atom is -0.497 e. The first-order valence-corrected chi connectivity index (χ1v) is 6.94. The molecule has 0 bridgehead atoms. The zero-order valence-corrected chi connectivity index (χ0v) is 11.5. The maximum absolute atomic E-state index is 10.5. The highest BCUT2D eigenvalue weighted by molar-refractivity contribution is 7.07. The summed E-state index contributed by atoms with van der Waals surface area (Å²) in [5, 5.41) is 14.7. The lowest BCUT2D eigenvalue weighted by Gasteiger charge is -2.24. The third-order valence-corrected chi connectivity index (χ3v) is 3.92. The van der Waals surface area contributed by atoms with Crippen LogP contribution in [0.1, 0.15) is 24.5 Å². The highest BCUT2D eigenvalue weighted by Gasteiger charge is 2.22. The van der Waals surface area contributed by atoms with Gasteiger partial charge >= 0.3 is 0 Å². The van der Waals surface area contributed by atoms with Crippen LogP contribution in [0.4, 0.5) is 0 Å². The second-order valence-electron chi connectivity index (χ2n) is 4.63. The molecule has 2 nitrogen and oxygen atoms in total. The first kappa shape index (κ1) is 13.1. The molecule has 1 atom stereocenters. The van der Waals surface area contributed by atoms with Crippen LogP contribution >= 0.6 is 11.3 Å². The van der Waals surface area contributed by atoms with Crippen molar-refractivity contribution in [3.63, 3.8) is 0 Å². The Hall–Kier alpha value is -1.32. The largest absolute Gasteiger partial charge is 0.497 e. The summed E-state index contributed by atoms with van der Waals surface area (Å²) in [5.41, 5.74) is 1.42. The van der Waals surface area contributed by atoms with Crippen LogP contribution in [0.15, 0.2) is 41.1 Å². The minimum atomic E-state index is -0.797. The van der Waals surface area contributed by atoms with E-state index in [4.69, 9.17) is 4.74 Å². The van der Waals surface area contributed by atoms with E-state index >= 15 is 0 Å². The molecule has 96 valence electrons. The van der Waals surface area contributed by atoms with Gasteiger partial charge in [0.15, 0.2) is 0 Å². The average Bonchev–Trinajstić information content (AvgIpc) is 2.90. The summed E-state index contributed by atoms with van der Waals surface area (Å²) < 4.78 is 5.12. The van der Waals surface area contributed by atoms with E-state index in [9.17, 15) is 5.11 Å². The van der Waals surface area contributed by atoms with Crippen molar-refractivity contribution in [1.29, 1.82) is 0 Å². The van der Waals surface area contributed by atoms with Crippen molar-refractivity contribution in [3.8, 4) is 5.75 Å². The van der Waals surface area contributed by atoms with E-state index in [0.717, 1.165) is 24.2 Å². The van der Waals surface area contributed by atoms with Gasteiger partial charge in [-0.1, -0.05) is 12.1 Å². The van der Waals surface area contributed by atoms with Crippen molar-refractivity contribution in [1.82, 2.24) is 0 Å². The number of aryl methyl sites for hydroxylation is 1. The van der Waals surface area contributed by atoms with Gasteiger partial charge in [-0.2, -0.15) is 11.3 Å². The smallest absolute Gasteiger partial charge is 0.118 e. The van der Waals surface area contributed by atoms with Gasteiger partial charge < -0.3 is 9.84 Å². The predicted molar refractivity (Wildman–Crippen MR) is 75.2 cm³/mol. The normalized spacial score (nSPS) is 14.2. The molecule has 0 saturated carbocycles. The molecule has 1 N–H and O–H groups in total. The number of ether oxygens (including phenoxy) is 1. The maximum Gasteiger partial charge on any atom is 0.118 e. The van der Waals surface area contributed by atoms with Crippen LogP contribution in [0, 0.1) is 0 Å². The standard InChI is InChI=1S/C15H18O2S/c1-15(16,9-7-12-8-10-18-11-12)13-3-5-14(17-2)6-4-13/h3-6,8,10-11,16H,7,9H2,1-2H3. The Bertz CT molecular complexity index is 472. The number of hydrogen-bond donors (Lipinski definition) is 1. The monoisotopic (exact) mass is 262 g/mol. The second-order valence-corrected chi connectivity index (χ2v) is 5.41. The van der Waals surface area contributed by atoms with Gasteiger partial charge in [0.1, 0.15) is 5.75 Å². The Morgan fingerprint density at radius 2 is 1.94 bits per heavy atom. The van der Waals surface area contributed by atoms with Crippen LogP contribution in [0.25, 0.3) is 0 Å². The molecule has 0 saturated heterocycles. The van der Waals surface area contributed by atoms with Gasteiger partial charge in [-0.15, -0.1) is 0 Å². The zero-order chi connectivity index (χ0) is 13.0. The van der Waals surface area contributed by atoms with E-state index in [1.165, 1.54) is 5.56 Å². The number of hydrogen-bond acceptors (Lipinski definition) is 3. The van der Waals surface area contributed by atoms with E-state index in [0.29, 0.717) is 0 Å². The average molecular weight is 262 g/mol. The highest BCUT2D eigenvalue weighted by Crippen LogP contribution is 2.28. The molecule has 1 unspecified atom stereocenters. The summed E-state index contributed by atoms with van der Waals surface area (Å²) in [5.74, 6) is 0.812. The number of thiophene rings is 1. The van der Waals surface area contributed by atoms with Crippen molar-refractivity contribution in [2.45, 2.75) is 25.4 Å². The molecule has 1 aromatic heterocycles. The lowest BCUT2D eigenvalue weighted by molar-refractivity contribution is 0.0480. The van der Waals surface area contributed by atoms with Crippen molar-refractivity contribution < 1.29 is 9.84 Å². The molecule has 0 aliphatic rings. The number of rotatable bonds is 5. The van der Waals surface area contributed by atoms with E-state index in [-0.39, 0.29) is 0 Å². The number of aliphatic hydroxyl groups is 1. The van der Waals surface area contributed by atoms with E-state index in [1.807, 2.05) is 31.2 Å². The van der Waals surface area contributed by atoms with Crippen LogP contribution < -0.4 is 4.74 Å². The summed E-state index contributed by atoms with van der Waals surface area (Å²) in [6.45, 7) is 1.86. The summed E-state index contributed by atoms with van der Waals surface area (Å²) in [7, 11) is 1.64. The molecule has 1 heterocycles. The Labute approximate surface area is 112 Å². The summed E-state index contributed by atoms with van der Waals surface area (Å²) >= 11 is 1.69. The molecular weight excluding hydrogens is 244 g/mol. The molecule has 0 radical (unpaired) electrons. The van der Waals surface area contributed by atoms with Crippen molar-refractivity contribution >= 4 is 11.3 Å². The Morgan fingerprint density at radius 3 is 2.50 bits per heavy atom. The van der Waals surface area contributed by atoms with Crippen LogP contribution in [0.3, 0.4) is 0 Å². The van der Waals surface area contributed by atoms with Crippen LogP contribution in [-0.4, -0.2) is 12.2 Å². The van der Waals surface area contributed by atoms with Gasteiger partial charge in [0, 0.05) is 0 Å². The molecule has 1 aromatic carbocycles. The Kier molecular flexibility index (Phi) is 4.04. The summed E-state index contributed by atoms with van der Waals surface area (Å²) in [6, 6.07) is 9.72. The molecule has 0 aliphatic carbocycles. The van der Waals surface area contributed by atoms with Crippen molar-refractivity contribution in [2.75, 3.05) is 7.11 Å². The van der Waals surface area contributed by atoms with Crippen LogP contribution in [-0.2, 0) is 12.0 Å². The molecule has 2 rings (SSSR count). The fourth-order valence-corrected chi connectivity index (χ4v) is 2.62. The third-order valence-electron chi connectivity index (χ3n) is 3.19. The summed E-state index contributed by atoms with van der Waals surface area (Å²) in [4.78, 5) is 0. The predicted octanol–water partition coefficient (Wildman–Crippen LogP) is 3.60. The van der Waals surface area contributed by atoms with Crippen LogP contribution in [0.5, 0.6) is 5.75 Å². The number of methoxy groups -OCH3 is 1. The SMILES string of the molecule is COc1ccc(C(C)(O)CCc2ccsc2)cc1. The van der Waals surface area contributed by atoms with Gasteiger partial charge in [-0.25, -0.2) is 0 Å². The van der Waals surface area contributed by atoms with E-state index in [2.05, 4.69) is 16.8 Å². The fraction of sp³-hybridized carbons (Fsp3) is 0.333. The first-order valence-electron chi connectivity index (χ1n) is 6.00. The summed E-state index contributed by atoms with van der Waals surface area (Å²) in [6.07, 6.45) is 1.61. The molecule has 0 aliphatic heterocycles. The molecule has 0 fully saturated rings. The fourth-order valence-electron chi connectivity index (χ4n) is 1.92. The maximum atomic E-state index is 10.5. The quantitative estimate of drug-likeness (QED) is 0.892. The molecule has 2 aromatic rings. The van der Waals surface area contributed by atoms with Gasteiger partial charge in [0.05, 0.1) is 12.7 Å². The first-order chi connectivity index (χ1) is 8.62. The van der Waals surface area contributed by atoms with Crippen LogP contribution in [0.2, 0.25) is 0 Å². The highest BCUT2D eigenvalue weighted by atomic mass is 32.1. The molecule has 0 amide bonds. The lowest BCUT2D eigenvalue weighted by atomic mass is 9.90. The van der Waals surface area contributed by atoms with Crippen molar-refractivity contribution in [3.05, 3.63) is 52.2 Å². The van der Waals surface area contributed by atoms with E-state index < -0.39 is 5.60 Å². The van der Waals surface area contributed by atoms with Gasteiger partial charge in [0.25, 0.3) is 0 Å². The van der Waals surface area contributed by atoms with Gasteiger partial charge in [0.2, 0.25) is 0 Å². The molecular formula is C15H18O2S. The second kappa shape index (κ2) is 5.55. The van der Waals surface area contributed by atoms with E-state index in [1.54, 1.807) is 18.4 Å². The number of benzene rings is 1. The lowest BCUT2D eigenvalue weighted by Crippen LogP contribution is -2.21. The third kappa shape index (κ3) is 3.12. The van der Waals surface area contributed by atoms with Gasteiger partial charge in [-0.05, 0) is 59.9 Å². The zero-order valence-electron chi connectivity index (χ0n) is 10.7. The van der Waals surface area contributed by atoms with Crippen molar-refractivity contribution in [2.24, 2.45) is 0 Å². The Morgan fingerprint density at radius 1 is 1.22 bits per heavy atom. The molecule has 3 heteroatoms. The topological polar surface area (TPSA) is 29.5 Å².